The predicted molar refractivity (Wildman–Crippen MR) is 104 cm³/mol. The number of halogens is 1. The first-order valence-electron chi connectivity index (χ1n) is 9.00. The summed E-state index contributed by atoms with van der Waals surface area (Å²) in [5, 5.41) is 11.1. The fourth-order valence-corrected chi connectivity index (χ4v) is 3.04. The smallest absolute Gasteiger partial charge is 0.274 e. The molecule has 1 aromatic carbocycles. The average Bonchev–Trinajstić information content (AvgIpc) is 2.76. The minimum atomic E-state index is -0.305. The third kappa shape index (κ3) is 4.06. The third-order valence-corrected chi connectivity index (χ3v) is 4.54. The van der Waals surface area contributed by atoms with E-state index in [1.54, 1.807) is 35.4 Å². The van der Waals surface area contributed by atoms with E-state index in [1.807, 2.05) is 18.2 Å². The largest absolute Gasteiger partial charge is 0.353 e. The zero-order chi connectivity index (χ0) is 19.3. The van der Waals surface area contributed by atoms with Crippen LogP contribution < -0.4 is 10.2 Å². The van der Waals surface area contributed by atoms with Crippen molar-refractivity contribution in [2.45, 2.75) is 0 Å². The number of piperazine rings is 1. The van der Waals surface area contributed by atoms with E-state index in [0.29, 0.717) is 30.3 Å². The maximum atomic E-state index is 13.0. The van der Waals surface area contributed by atoms with Gasteiger partial charge >= 0.3 is 0 Å². The summed E-state index contributed by atoms with van der Waals surface area (Å²) in [6, 6.07) is 15.1. The van der Waals surface area contributed by atoms with Gasteiger partial charge in [-0.3, -0.25) is 4.79 Å². The molecule has 7 nitrogen and oxygen atoms in total. The Morgan fingerprint density at radius 1 is 0.929 bits per heavy atom. The van der Waals surface area contributed by atoms with Crippen LogP contribution in [0.15, 0.2) is 60.8 Å². The van der Waals surface area contributed by atoms with Gasteiger partial charge in [-0.25, -0.2) is 9.37 Å². The van der Waals surface area contributed by atoms with Gasteiger partial charge in [-0.05, 0) is 48.5 Å². The molecule has 0 saturated carbocycles. The molecular formula is C20H19FN6O. The first kappa shape index (κ1) is 17.8. The summed E-state index contributed by atoms with van der Waals surface area (Å²) < 4.78 is 13.0. The van der Waals surface area contributed by atoms with Crippen molar-refractivity contribution in [3.63, 3.8) is 0 Å². The lowest BCUT2D eigenvalue weighted by Crippen LogP contribution is -2.49. The number of anilines is 3. The van der Waals surface area contributed by atoms with Gasteiger partial charge in [0.25, 0.3) is 5.91 Å². The van der Waals surface area contributed by atoms with Crippen LogP contribution in [0.4, 0.5) is 21.7 Å². The molecule has 28 heavy (non-hydrogen) atoms. The molecule has 1 amide bonds. The van der Waals surface area contributed by atoms with Gasteiger partial charge in [-0.1, -0.05) is 6.07 Å². The van der Waals surface area contributed by atoms with Crippen molar-refractivity contribution in [1.82, 2.24) is 20.1 Å². The van der Waals surface area contributed by atoms with Gasteiger partial charge < -0.3 is 15.1 Å². The van der Waals surface area contributed by atoms with Crippen molar-refractivity contribution in [1.29, 1.82) is 0 Å². The molecule has 8 heteroatoms. The second-order valence-electron chi connectivity index (χ2n) is 6.40. The van der Waals surface area contributed by atoms with E-state index >= 15 is 0 Å². The average molecular weight is 378 g/mol. The van der Waals surface area contributed by atoms with Gasteiger partial charge in [0, 0.05) is 38.1 Å². The van der Waals surface area contributed by atoms with E-state index in [4.69, 9.17) is 0 Å². The molecule has 3 heterocycles. The molecule has 0 radical (unpaired) electrons. The molecule has 4 rings (SSSR count). The summed E-state index contributed by atoms with van der Waals surface area (Å²) >= 11 is 0. The third-order valence-electron chi connectivity index (χ3n) is 4.54. The van der Waals surface area contributed by atoms with Crippen LogP contribution in [-0.4, -0.2) is 52.2 Å². The van der Waals surface area contributed by atoms with Crippen LogP contribution in [-0.2, 0) is 0 Å². The summed E-state index contributed by atoms with van der Waals surface area (Å²) in [6.45, 7) is 2.65. The quantitative estimate of drug-likeness (QED) is 0.753. The van der Waals surface area contributed by atoms with E-state index in [0.717, 1.165) is 18.9 Å². The summed E-state index contributed by atoms with van der Waals surface area (Å²) in [5.41, 5.74) is 0.997. The van der Waals surface area contributed by atoms with E-state index in [2.05, 4.69) is 25.4 Å². The Bertz CT molecular complexity index is 925. The Labute approximate surface area is 161 Å². The fourth-order valence-electron chi connectivity index (χ4n) is 3.04. The van der Waals surface area contributed by atoms with E-state index in [-0.39, 0.29) is 11.7 Å². The molecule has 0 aliphatic carbocycles. The first-order valence-corrected chi connectivity index (χ1v) is 9.00. The SMILES string of the molecule is O=C(c1ccc(Nc2ccc(F)cc2)nn1)N1CCN(c2ccccn2)CC1. The minimum Gasteiger partial charge on any atom is -0.353 e. The van der Waals surface area contributed by atoms with Gasteiger partial charge in [-0.15, -0.1) is 10.2 Å². The molecule has 1 N–H and O–H groups in total. The van der Waals surface area contributed by atoms with E-state index < -0.39 is 0 Å². The highest BCUT2D eigenvalue weighted by molar-refractivity contribution is 5.92. The Morgan fingerprint density at radius 2 is 1.71 bits per heavy atom. The van der Waals surface area contributed by atoms with Gasteiger partial charge in [0.1, 0.15) is 11.6 Å². The van der Waals surface area contributed by atoms with Crippen LogP contribution in [0.2, 0.25) is 0 Å². The van der Waals surface area contributed by atoms with Crippen molar-refractivity contribution >= 4 is 23.2 Å². The normalized spacial score (nSPS) is 14.0. The summed E-state index contributed by atoms with van der Waals surface area (Å²) in [7, 11) is 0. The molecule has 2 aromatic heterocycles. The van der Waals surface area contributed by atoms with Crippen LogP contribution in [0.5, 0.6) is 0 Å². The topological polar surface area (TPSA) is 74.2 Å². The molecular weight excluding hydrogens is 359 g/mol. The van der Waals surface area contributed by atoms with Crippen molar-refractivity contribution in [3.8, 4) is 0 Å². The number of pyridine rings is 1. The number of rotatable bonds is 4. The van der Waals surface area contributed by atoms with Gasteiger partial charge in [0.15, 0.2) is 11.5 Å². The molecule has 0 bridgehead atoms. The lowest BCUT2D eigenvalue weighted by Gasteiger charge is -2.35. The van der Waals surface area contributed by atoms with Gasteiger partial charge in [0.05, 0.1) is 0 Å². The van der Waals surface area contributed by atoms with Gasteiger partial charge in [-0.2, -0.15) is 0 Å². The molecule has 0 unspecified atom stereocenters. The molecule has 1 saturated heterocycles. The Hall–Kier alpha value is -3.55. The monoisotopic (exact) mass is 378 g/mol. The van der Waals surface area contributed by atoms with Crippen molar-refractivity contribution in [2.24, 2.45) is 0 Å². The second-order valence-corrected chi connectivity index (χ2v) is 6.40. The van der Waals surface area contributed by atoms with Crippen LogP contribution in [0.1, 0.15) is 10.5 Å². The molecule has 142 valence electrons. The zero-order valence-electron chi connectivity index (χ0n) is 15.1. The minimum absolute atomic E-state index is 0.137. The number of benzene rings is 1. The van der Waals surface area contributed by atoms with Gasteiger partial charge in [0.2, 0.25) is 0 Å². The molecule has 1 fully saturated rings. The first-order chi connectivity index (χ1) is 13.7. The number of hydrogen-bond donors (Lipinski definition) is 1. The number of carbonyl (C=O) groups excluding carboxylic acids is 1. The molecule has 0 spiro atoms. The van der Waals surface area contributed by atoms with Crippen molar-refractivity contribution < 1.29 is 9.18 Å². The Balaban J connectivity index is 1.35. The lowest BCUT2D eigenvalue weighted by molar-refractivity contribution is 0.0739. The van der Waals surface area contributed by atoms with E-state index in [9.17, 15) is 9.18 Å². The number of hydrogen-bond acceptors (Lipinski definition) is 6. The Kier molecular flexibility index (Phi) is 5.09. The highest BCUT2D eigenvalue weighted by Crippen LogP contribution is 2.16. The molecule has 1 aliphatic heterocycles. The zero-order valence-corrected chi connectivity index (χ0v) is 15.1. The highest BCUT2D eigenvalue weighted by Gasteiger charge is 2.23. The maximum absolute atomic E-state index is 13.0. The van der Waals surface area contributed by atoms with Crippen LogP contribution in [0, 0.1) is 5.82 Å². The molecule has 0 atom stereocenters. The lowest BCUT2D eigenvalue weighted by atomic mass is 10.2. The number of amides is 1. The van der Waals surface area contributed by atoms with Crippen LogP contribution >= 0.6 is 0 Å². The number of carbonyl (C=O) groups is 1. The second kappa shape index (κ2) is 7.99. The number of aromatic nitrogens is 3. The Morgan fingerprint density at radius 3 is 2.36 bits per heavy atom. The maximum Gasteiger partial charge on any atom is 0.274 e. The van der Waals surface area contributed by atoms with Crippen LogP contribution in [0.3, 0.4) is 0 Å². The molecule has 1 aliphatic rings. The van der Waals surface area contributed by atoms with Crippen molar-refractivity contribution in [2.75, 3.05) is 36.4 Å². The number of nitrogens with one attached hydrogen (secondary N) is 1. The summed E-state index contributed by atoms with van der Waals surface area (Å²) in [6.07, 6.45) is 1.77. The number of nitrogens with zero attached hydrogens (tertiary/aromatic N) is 5. The van der Waals surface area contributed by atoms with Crippen molar-refractivity contribution in [3.05, 3.63) is 72.3 Å². The summed E-state index contributed by atoms with van der Waals surface area (Å²) in [4.78, 5) is 21.0. The van der Waals surface area contributed by atoms with E-state index in [1.165, 1.54) is 12.1 Å². The molecule has 3 aromatic rings. The summed E-state index contributed by atoms with van der Waals surface area (Å²) in [5.74, 6) is 0.968. The van der Waals surface area contributed by atoms with Crippen LogP contribution in [0.25, 0.3) is 0 Å². The predicted octanol–water partition coefficient (Wildman–Crippen LogP) is 2.72. The standard InChI is InChI=1S/C20H19FN6O/c21-15-4-6-16(7-5-15)23-18-9-8-17(24-25-18)20(28)27-13-11-26(12-14-27)19-3-1-2-10-22-19/h1-10H,11-14H2,(H,23,25). The fraction of sp³-hybridized carbons (Fsp3) is 0.200. The highest BCUT2D eigenvalue weighted by atomic mass is 19.1.